The molecule has 1 aliphatic carbocycles. The average molecular weight is 369 g/mol. The minimum absolute atomic E-state index is 0.545. The third kappa shape index (κ3) is 2.97. The predicted octanol–water partition coefficient (Wildman–Crippen LogP) is 5.08. The van der Waals surface area contributed by atoms with Crippen LogP contribution in [0.25, 0.3) is 11.3 Å². The fraction of sp³-hybridized carbons (Fsp3) is 0.438. The van der Waals surface area contributed by atoms with E-state index >= 15 is 0 Å². The fourth-order valence-electron chi connectivity index (χ4n) is 2.55. The molecule has 0 aliphatic heterocycles. The molecule has 0 bridgehead atoms. The second kappa shape index (κ2) is 5.65. The lowest BCUT2D eigenvalue weighted by atomic mass is 10.1. The number of hydrogen-bond donors (Lipinski definition) is 1. The summed E-state index contributed by atoms with van der Waals surface area (Å²) in [6.07, 6.45) is 2.44. The number of rotatable bonds is 4. The van der Waals surface area contributed by atoms with Gasteiger partial charge in [0.2, 0.25) is 0 Å². The zero-order valence-corrected chi connectivity index (χ0v) is 14.6. The van der Waals surface area contributed by atoms with Crippen LogP contribution in [-0.4, -0.2) is 9.55 Å². The number of nitrogens with zero attached hydrogens (tertiary/aromatic N) is 2. The first kappa shape index (κ1) is 14.9. The number of benzene rings is 1. The van der Waals surface area contributed by atoms with Crippen molar-refractivity contribution in [2.45, 2.75) is 39.2 Å². The third-order valence-corrected chi connectivity index (χ3v) is 4.93. The van der Waals surface area contributed by atoms with Gasteiger partial charge in [-0.1, -0.05) is 31.5 Å². The van der Waals surface area contributed by atoms with Gasteiger partial charge in [0.15, 0.2) is 0 Å². The van der Waals surface area contributed by atoms with Gasteiger partial charge in [-0.25, -0.2) is 4.98 Å². The molecule has 5 heteroatoms. The van der Waals surface area contributed by atoms with Gasteiger partial charge in [0.1, 0.15) is 17.3 Å². The summed E-state index contributed by atoms with van der Waals surface area (Å²) in [4.78, 5) is 4.84. The lowest BCUT2D eigenvalue weighted by Crippen LogP contribution is -2.10. The van der Waals surface area contributed by atoms with E-state index in [1.807, 2.05) is 18.2 Å². The molecule has 0 amide bonds. The molecular weight excluding hydrogens is 350 g/mol. The Morgan fingerprint density at radius 2 is 2.14 bits per heavy atom. The maximum Gasteiger partial charge on any atom is 0.131 e. The lowest BCUT2D eigenvalue weighted by molar-refractivity contribution is 0.512. The second-order valence-electron chi connectivity index (χ2n) is 6.11. The van der Waals surface area contributed by atoms with E-state index in [1.165, 1.54) is 12.8 Å². The van der Waals surface area contributed by atoms with Crippen LogP contribution in [0.15, 0.2) is 22.7 Å². The molecule has 112 valence electrons. The summed E-state index contributed by atoms with van der Waals surface area (Å²) in [7, 11) is 0. The Morgan fingerprint density at radius 3 is 2.71 bits per heavy atom. The Hall–Kier alpha value is -1.00. The molecular formula is C16H19BrClN3. The molecule has 1 saturated carbocycles. The first-order valence-electron chi connectivity index (χ1n) is 7.28. The van der Waals surface area contributed by atoms with Crippen LogP contribution in [0.5, 0.6) is 0 Å². The Balaban J connectivity index is 2.07. The molecule has 21 heavy (non-hydrogen) atoms. The van der Waals surface area contributed by atoms with Gasteiger partial charge >= 0.3 is 0 Å². The van der Waals surface area contributed by atoms with Crippen LogP contribution >= 0.6 is 27.5 Å². The number of nitrogen functional groups attached to an aromatic ring is 1. The number of nitrogens with two attached hydrogens (primary N) is 1. The summed E-state index contributed by atoms with van der Waals surface area (Å²) in [5.74, 6) is 3.03. The van der Waals surface area contributed by atoms with E-state index in [1.54, 1.807) is 0 Å². The van der Waals surface area contributed by atoms with Gasteiger partial charge in [-0.2, -0.15) is 0 Å². The van der Waals surface area contributed by atoms with Gasteiger partial charge in [-0.15, -0.1) is 0 Å². The van der Waals surface area contributed by atoms with E-state index in [9.17, 15) is 0 Å². The molecule has 0 unspecified atom stereocenters. The van der Waals surface area contributed by atoms with Crippen molar-refractivity contribution >= 4 is 33.3 Å². The van der Waals surface area contributed by atoms with Crippen LogP contribution in [0.1, 0.15) is 38.4 Å². The first-order valence-corrected chi connectivity index (χ1v) is 8.45. The molecule has 1 heterocycles. The van der Waals surface area contributed by atoms with E-state index < -0.39 is 0 Å². The van der Waals surface area contributed by atoms with E-state index in [0.717, 1.165) is 33.9 Å². The van der Waals surface area contributed by atoms with Crippen molar-refractivity contribution in [2.24, 2.45) is 5.92 Å². The first-order chi connectivity index (χ1) is 9.97. The Bertz CT molecular complexity index is 674. The number of imidazole rings is 1. The van der Waals surface area contributed by atoms with Crippen LogP contribution < -0.4 is 5.73 Å². The molecule has 3 rings (SSSR count). The number of halogens is 2. The highest BCUT2D eigenvalue weighted by atomic mass is 79.9. The normalized spacial score (nSPS) is 14.9. The van der Waals surface area contributed by atoms with Crippen LogP contribution in [-0.2, 0) is 6.54 Å². The van der Waals surface area contributed by atoms with Crippen molar-refractivity contribution in [3.8, 4) is 11.3 Å². The standard InChI is InChI=1S/C16H19BrClN3/c1-9(2)8-21-15(19)14(20-16(21)10-3-4-10)11-5-6-13(18)12(17)7-11/h5-7,9-10H,3-4,8,19H2,1-2H3. The molecule has 3 nitrogen and oxygen atoms in total. The maximum atomic E-state index is 6.39. The minimum atomic E-state index is 0.545. The predicted molar refractivity (Wildman–Crippen MR) is 91.6 cm³/mol. The van der Waals surface area contributed by atoms with Crippen LogP contribution in [0.2, 0.25) is 5.02 Å². The highest BCUT2D eigenvalue weighted by molar-refractivity contribution is 9.10. The van der Waals surface area contributed by atoms with Gasteiger partial charge in [0, 0.05) is 22.5 Å². The molecule has 1 aromatic carbocycles. The van der Waals surface area contributed by atoms with Crippen molar-refractivity contribution in [2.75, 3.05) is 5.73 Å². The van der Waals surface area contributed by atoms with E-state index in [2.05, 4.69) is 34.3 Å². The Labute approximate surface area is 138 Å². The summed E-state index contributed by atoms with van der Waals surface area (Å²) < 4.78 is 3.06. The van der Waals surface area contributed by atoms with Gasteiger partial charge in [0.25, 0.3) is 0 Å². The Morgan fingerprint density at radius 1 is 1.43 bits per heavy atom. The van der Waals surface area contributed by atoms with Crippen molar-refractivity contribution in [1.82, 2.24) is 9.55 Å². The molecule has 0 atom stereocenters. The van der Waals surface area contributed by atoms with Crippen LogP contribution in [0.3, 0.4) is 0 Å². The number of aromatic nitrogens is 2. The zero-order valence-electron chi connectivity index (χ0n) is 12.2. The molecule has 2 N–H and O–H groups in total. The summed E-state index contributed by atoms with van der Waals surface area (Å²) in [6.45, 7) is 5.32. The van der Waals surface area contributed by atoms with Gasteiger partial charge in [0.05, 0.1) is 5.02 Å². The molecule has 2 aromatic rings. The van der Waals surface area contributed by atoms with Crippen LogP contribution in [0.4, 0.5) is 5.82 Å². The van der Waals surface area contributed by atoms with E-state index in [-0.39, 0.29) is 0 Å². The molecule has 1 aliphatic rings. The third-order valence-electron chi connectivity index (χ3n) is 3.72. The summed E-state index contributed by atoms with van der Waals surface area (Å²) >= 11 is 9.54. The Kier molecular flexibility index (Phi) is 4.02. The monoisotopic (exact) mass is 367 g/mol. The topological polar surface area (TPSA) is 43.8 Å². The van der Waals surface area contributed by atoms with Gasteiger partial charge in [-0.3, -0.25) is 0 Å². The fourth-order valence-corrected chi connectivity index (χ4v) is 3.05. The summed E-state index contributed by atoms with van der Waals surface area (Å²) in [6, 6.07) is 5.83. The van der Waals surface area contributed by atoms with Gasteiger partial charge < -0.3 is 10.3 Å². The second-order valence-corrected chi connectivity index (χ2v) is 7.37. The summed E-state index contributed by atoms with van der Waals surface area (Å²) in [5, 5.41) is 0.696. The largest absolute Gasteiger partial charge is 0.383 e. The molecule has 0 saturated heterocycles. The van der Waals surface area contributed by atoms with E-state index in [0.29, 0.717) is 16.9 Å². The van der Waals surface area contributed by atoms with Crippen molar-refractivity contribution in [3.63, 3.8) is 0 Å². The van der Waals surface area contributed by atoms with Crippen molar-refractivity contribution in [3.05, 3.63) is 33.5 Å². The zero-order chi connectivity index (χ0) is 15.1. The smallest absolute Gasteiger partial charge is 0.131 e. The molecule has 1 aromatic heterocycles. The molecule has 1 fully saturated rings. The van der Waals surface area contributed by atoms with E-state index in [4.69, 9.17) is 22.3 Å². The highest BCUT2D eigenvalue weighted by Gasteiger charge is 2.31. The molecule has 0 radical (unpaired) electrons. The lowest BCUT2D eigenvalue weighted by Gasteiger charge is -2.12. The minimum Gasteiger partial charge on any atom is -0.383 e. The number of anilines is 1. The SMILES string of the molecule is CC(C)Cn1c(C2CC2)nc(-c2ccc(Cl)c(Br)c2)c1N. The summed E-state index contributed by atoms with van der Waals surface area (Å²) in [5.41, 5.74) is 8.27. The van der Waals surface area contributed by atoms with Crippen molar-refractivity contribution < 1.29 is 0 Å². The quantitative estimate of drug-likeness (QED) is 0.817. The molecule has 0 spiro atoms. The van der Waals surface area contributed by atoms with Crippen LogP contribution in [0, 0.1) is 5.92 Å². The van der Waals surface area contributed by atoms with Crippen molar-refractivity contribution in [1.29, 1.82) is 0 Å². The number of hydrogen-bond acceptors (Lipinski definition) is 2. The maximum absolute atomic E-state index is 6.39. The highest BCUT2D eigenvalue weighted by Crippen LogP contribution is 2.43. The average Bonchev–Trinajstić information content (AvgIpc) is 3.21. The van der Waals surface area contributed by atoms with Gasteiger partial charge in [-0.05, 0) is 46.8 Å².